The van der Waals surface area contributed by atoms with Crippen LogP contribution in [0.4, 0.5) is 0 Å². The Morgan fingerprint density at radius 2 is 1.26 bits per heavy atom. The zero-order chi connectivity index (χ0) is 21.3. The maximum absolute atomic E-state index is 10.7. The van der Waals surface area contributed by atoms with E-state index < -0.39 is 5.97 Å². The number of carboxylic acids is 1. The van der Waals surface area contributed by atoms with Crippen LogP contribution in [0.15, 0.2) is 24.8 Å². The molecule has 6 heteroatoms. The monoisotopic (exact) mass is 388 g/mol. The summed E-state index contributed by atoms with van der Waals surface area (Å²) in [5.74, 6) is -1.24. The van der Waals surface area contributed by atoms with Crippen molar-refractivity contribution in [2.75, 3.05) is 19.8 Å². The van der Waals surface area contributed by atoms with Crippen LogP contribution >= 0.6 is 0 Å². The number of carbonyl (C=O) groups is 2. The number of aliphatic hydroxyl groups is 2. The van der Waals surface area contributed by atoms with E-state index in [-0.39, 0.29) is 24.8 Å². The van der Waals surface area contributed by atoms with E-state index in [4.69, 9.17) is 20.1 Å². The van der Waals surface area contributed by atoms with Gasteiger partial charge in [0, 0.05) is 11.6 Å². The van der Waals surface area contributed by atoms with Crippen molar-refractivity contribution in [3.05, 3.63) is 24.8 Å². The van der Waals surface area contributed by atoms with Gasteiger partial charge in [-0.25, -0.2) is 9.59 Å². The van der Waals surface area contributed by atoms with Crippen molar-refractivity contribution in [2.45, 2.75) is 78.1 Å². The zero-order valence-electron chi connectivity index (χ0n) is 17.3. The van der Waals surface area contributed by atoms with Crippen LogP contribution in [0.1, 0.15) is 78.1 Å². The van der Waals surface area contributed by atoms with Gasteiger partial charge >= 0.3 is 11.9 Å². The van der Waals surface area contributed by atoms with Gasteiger partial charge in [0.25, 0.3) is 0 Å². The van der Waals surface area contributed by atoms with E-state index in [0.29, 0.717) is 6.61 Å². The van der Waals surface area contributed by atoms with Gasteiger partial charge in [0.15, 0.2) is 0 Å². The van der Waals surface area contributed by atoms with Crippen LogP contribution in [0.5, 0.6) is 0 Å². The molecule has 0 aliphatic carbocycles. The number of hydrogen-bond donors (Lipinski definition) is 3. The predicted octanol–water partition coefficient (Wildman–Crippen LogP) is 4.25. The van der Waals surface area contributed by atoms with E-state index >= 15 is 0 Å². The fraction of sp³-hybridized carbons (Fsp3) is 0.714. The number of aliphatic carboxylic acids is 1. The minimum absolute atomic E-state index is 0.125. The van der Waals surface area contributed by atoms with Gasteiger partial charge in [-0.3, -0.25) is 0 Å². The highest BCUT2D eigenvalue weighted by Gasteiger charge is 1.95. The van der Waals surface area contributed by atoms with E-state index in [0.717, 1.165) is 6.42 Å². The minimum atomic E-state index is -0.935. The fourth-order valence-electron chi connectivity index (χ4n) is 1.82. The average Bonchev–Trinajstić information content (AvgIpc) is 2.66. The van der Waals surface area contributed by atoms with Crippen molar-refractivity contribution in [2.24, 2.45) is 0 Å². The SMILES string of the molecule is C=C(C)C(=O)O.C=CC(=O)OCCCCCCCCCCCC.OCCO. The summed E-state index contributed by atoms with van der Waals surface area (Å²) in [5, 5.41) is 23.1. The second-order valence-electron chi connectivity index (χ2n) is 6.09. The lowest BCUT2D eigenvalue weighted by molar-refractivity contribution is -0.138. The van der Waals surface area contributed by atoms with Gasteiger partial charge in [0.1, 0.15) is 0 Å². The molecule has 3 N–H and O–H groups in total. The van der Waals surface area contributed by atoms with Crippen LogP contribution in [0.3, 0.4) is 0 Å². The molecule has 0 aromatic carbocycles. The number of ether oxygens (including phenoxy) is 1. The Morgan fingerprint density at radius 3 is 1.56 bits per heavy atom. The van der Waals surface area contributed by atoms with E-state index in [9.17, 15) is 9.59 Å². The molecule has 0 amide bonds. The van der Waals surface area contributed by atoms with Gasteiger partial charge < -0.3 is 20.1 Å². The topological polar surface area (TPSA) is 104 Å². The molecule has 0 radical (unpaired) electrons. The van der Waals surface area contributed by atoms with E-state index in [2.05, 4.69) is 20.1 Å². The summed E-state index contributed by atoms with van der Waals surface area (Å²) < 4.78 is 4.91. The van der Waals surface area contributed by atoms with Crippen molar-refractivity contribution in [3.8, 4) is 0 Å². The number of esters is 1. The quantitative estimate of drug-likeness (QED) is 0.233. The van der Waals surface area contributed by atoms with Crippen molar-refractivity contribution >= 4 is 11.9 Å². The summed E-state index contributed by atoms with van der Waals surface area (Å²) >= 11 is 0. The summed E-state index contributed by atoms with van der Waals surface area (Å²) in [6, 6.07) is 0. The Kier molecular flexibility index (Phi) is 29.6. The molecule has 0 saturated heterocycles. The first-order valence-corrected chi connectivity index (χ1v) is 9.76. The molecular weight excluding hydrogens is 348 g/mol. The summed E-state index contributed by atoms with van der Waals surface area (Å²) in [5.41, 5.74) is 0.176. The standard InChI is InChI=1S/C15H28O2.C4H6O2.C2H6O2/c1-3-5-6-7-8-9-10-11-12-13-14-17-15(16)4-2;1-3(2)4(5)6;3-1-2-4/h4H,2-3,5-14H2,1H3;1H2,2H3,(H,5,6);3-4H,1-2H2. The van der Waals surface area contributed by atoms with Crippen LogP contribution < -0.4 is 0 Å². The number of carbonyl (C=O) groups excluding carboxylic acids is 1. The summed E-state index contributed by atoms with van der Waals surface area (Å²) in [4.78, 5) is 20.3. The molecule has 160 valence electrons. The molecule has 0 aromatic heterocycles. The normalized spacial score (nSPS) is 9.19. The first kappa shape index (κ1) is 30.1. The Balaban J connectivity index is -0.000000472. The number of aliphatic hydroxyl groups excluding tert-OH is 2. The number of rotatable bonds is 14. The minimum Gasteiger partial charge on any atom is -0.478 e. The smallest absolute Gasteiger partial charge is 0.330 e. The first-order valence-electron chi connectivity index (χ1n) is 9.76. The van der Waals surface area contributed by atoms with Crippen molar-refractivity contribution in [1.29, 1.82) is 0 Å². The molecule has 0 spiro atoms. The molecule has 0 aliphatic heterocycles. The second-order valence-corrected chi connectivity index (χ2v) is 6.09. The maximum Gasteiger partial charge on any atom is 0.330 e. The van der Waals surface area contributed by atoms with Crippen LogP contribution in [0, 0.1) is 0 Å². The lowest BCUT2D eigenvalue weighted by atomic mass is 10.1. The molecule has 6 nitrogen and oxygen atoms in total. The van der Waals surface area contributed by atoms with Crippen LogP contribution in [-0.4, -0.2) is 47.1 Å². The van der Waals surface area contributed by atoms with Gasteiger partial charge in [0.2, 0.25) is 0 Å². The highest BCUT2D eigenvalue weighted by molar-refractivity contribution is 5.84. The molecule has 0 rings (SSSR count). The number of carboxylic acid groups (broad SMARTS) is 1. The lowest BCUT2D eigenvalue weighted by Crippen LogP contribution is -2.01. The second kappa shape index (κ2) is 26.6. The van der Waals surface area contributed by atoms with Gasteiger partial charge in [-0.1, -0.05) is 77.9 Å². The Labute approximate surface area is 164 Å². The van der Waals surface area contributed by atoms with E-state index in [1.165, 1.54) is 70.8 Å². The predicted molar refractivity (Wildman–Crippen MR) is 110 cm³/mol. The largest absolute Gasteiger partial charge is 0.478 e. The van der Waals surface area contributed by atoms with Crippen molar-refractivity contribution < 1.29 is 29.6 Å². The molecule has 0 unspecified atom stereocenters. The van der Waals surface area contributed by atoms with Crippen molar-refractivity contribution in [1.82, 2.24) is 0 Å². The average molecular weight is 389 g/mol. The summed E-state index contributed by atoms with van der Waals surface area (Å²) in [7, 11) is 0. The molecule has 0 aromatic rings. The molecular formula is C21H40O6. The number of unbranched alkanes of at least 4 members (excludes halogenated alkanes) is 9. The van der Waals surface area contributed by atoms with Crippen LogP contribution in [-0.2, 0) is 14.3 Å². The van der Waals surface area contributed by atoms with Crippen molar-refractivity contribution in [3.63, 3.8) is 0 Å². The van der Waals surface area contributed by atoms with E-state index in [1.807, 2.05) is 0 Å². The van der Waals surface area contributed by atoms with Crippen LogP contribution in [0.2, 0.25) is 0 Å². The van der Waals surface area contributed by atoms with Gasteiger partial charge in [-0.15, -0.1) is 0 Å². The highest BCUT2D eigenvalue weighted by Crippen LogP contribution is 2.10. The molecule has 0 saturated carbocycles. The fourth-order valence-corrected chi connectivity index (χ4v) is 1.82. The molecule has 0 atom stereocenters. The summed E-state index contributed by atoms with van der Waals surface area (Å²) in [6.07, 6.45) is 14.2. The molecule has 0 fully saturated rings. The lowest BCUT2D eigenvalue weighted by Gasteiger charge is -2.03. The summed E-state index contributed by atoms with van der Waals surface area (Å²) in [6.45, 7) is 10.5. The molecule has 27 heavy (non-hydrogen) atoms. The van der Waals surface area contributed by atoms with Gasteiger partial charge in [-0.05, 0) is 13.3 Å². The van der Waals surface area contributed by atoms with Gasteiger partial charge in [-0.2, -0.15) is 0 Å². The van der Waals surface area contributed by atoms with Crippen LogP contribution in [0.25, 0.3) is 0 Å². The third kappa shape index (κ3) is 36.1. The Morgan fingerprint density at radius 1 is 0.889 bits per heavy atom. The zero-order valence-corrected chi connectivity index (χ0v) is 17.3. The third-order valence-corrected chi connectivity index (χ3v) is 3.37. The maximum atomic E-state index is 10.7. The highest BCUT2D eigenvalue weighted by atomic mass is 16.5. The Hall–Kier alpha value is -1.66. The Bertz CT molecular complexity index is 352. The molecule has 0 aliphatic rings. The third-order valence-electron chi connectivity index (χ3n) is 3.37. The molecule has 0 heterocycles. The number of hydrogen-bond acceptors (Lipinski definition) is 5. The molecule has 0 bridgehead atoms. The van der Waals surface area contributed by atoms with Gasteiger partial charge in [0.05, 0.1) is 19.8 Å². The first-order chi connectivity index (χ1) is 12.9. The van der Waals surface area contributed by atoms with E-state index in [1.54, 1.807) is 0 Å².